The second-order valence-corrected chi connectivity index (χ2v) is 5.10. The summed E-state index contributed by atoms with van der Waals surface area (Å²) in [5.74, 6) is -0.377. The van der Waals surface area contributed by atoms with Gasteiger partial charge in [-0.1, -0.05) is 42.5 Å². The molecule has 0 aromatic heterocycles. The first kappa shape index (κ1) is 16.9. The van der Waals surface area contributed by atoms with Crippen molar-refractivity contribution in [1.29, 1.82) is 0 Å². The first-order chi connectivity index (χ1) is 10.9. The van der Waals surface area contributed by atoms with E-state index in [-0.39, 0.29) is 24.2 Å². The minimum atomic E-state index is -4.46. The zero-order chi connectivity index (χ0) is 16.9. The van der Waals surface area contributed by atoms with Crippen molar-refractivity contribution in [2.75, 3.05) is 11.9 Å². The van der Waals surface area contributed by atoms with Gasteiger partial charge in [0.15, 0.2) is 0 Å². The lowest BCUT2D eigenvalue weighted by atomic mass is 10.1. The van der Waals surface area contributed by atoms with Crippen LogP contribution < -0.4 is 10.6 Å². The van der Waals surface area contributed by atoms with Gasteiger partial charge in [-0.15, -0.1) is 0 Å². The van der Waals surface area contributed by atoms with Crippen molar-refractivity contribution in [2.45, 2.75) is 19.1 Å². The summed E-state index contributed by atoms with van der Waals surface area (Å²) >= 11 is 0. The van der Waals surface area contributed by atoms with Gasteiger partial charge in [-0.05, 0) is 24.6 Å². The maximum Gasteiger partial charge on any atom is 0.418 e. The molecule has 0 aliphatic rings. The molecule has 23 heavy (non-hydrogen) atoms. The minimum absolute atomic E-state index is 0.109. The Bertz CT molecular complexity index is 656. The molecule has 0 aliphatic carbocycles. The highest BCUT2D eigenvalue weighted by molar-refractivity contribution is 5.81. The van der Waals surface area contributed by atoms with Gasteiger partial charge in [0.1, 0.15) is 0 Å². The van der Waals surface area contributed by atoms with Gasteiger partial charge in [0, 0.05) is 5.69 Å². The molecule has 0 radical (unpaired) electrons. The van der Waals surface area contributed by atoms with Crippen LogP contribution in [-0.2, 0) is 11.0 Å². The molecule has 0 saturated heterocycles. The number of carbonyl (C=O) groups excluding carboxylic acids is 1. The summed E-state index contributed by atoms with van der Waals surface area (Å²) in [6.45, 7) is 1.58. The molecule has 1 atom stereocenters. The Labute approximate surface area is 132 Å². The van der Waals surface area contributed by atoms with Crippen molar-refractivity contribution in [3.63, 3.8) is 0 Å². The van der Waals surface area contributed by atoms with Crippen molar-refractivity contribution in [2.24, 2.45) is 0 Å². The van der Waals surface area contributed by atoms with Crippen molar-refractivity contribution in [1.82, 2.24) is 5.32 Å². The molecule has 0 spiro atoms. The van der Waals surface area contributed by atoms with Crippen LogP contribution in [0.5, 0.6) is 0 Å². The van der Waals surface area contributed by atoms with Crippen LogP contribution in [0.1, 0.15) is 24.1 Å². The van der Waals surface area contributed by atoms with E-state index in [9.17, 15) is 18.0 Å². The Morgan fingerprint density at radius 3 is 2.30 bits per heavy atom. The standard InChI is InChI=1S/C17H17F3N2O/c1-12(13-7-3-2-4-8-13)22-16(23)11-21-15-10-6-5-9-14(15)17(18,19)20/h2-10,12,21H,11H2,1H3,(H,22,23). The van der Waals surface area contributed by atoms with Crippen molar-refractivity contribution >= 4 is 11.6 Å². The van der Waals surface area contributed by atoms with Crippen LogP contribution in [0.15, 0.2) is 54.6 Å². The van der Waals surface area contributed by atoms with Crippen LogP contribution in [0.3, 0.4) is 0 Å². The molecule has 1 amide bonds. The average molecular weight is 322 g/mol. The molecule has 1 unspecified atom stereocenters. The lowest BCUT2D eigenvalue weighted by Gasteiger charge is -2.17. The van der Waals surface area contributed by atoms with Gasteiger partial charge in [0.05, 0.1) is 18.2 Å². The highest BCUT2D eigenvalue weighted by atomic mass is 19.4. The smallest absolute Gasteiger partial charge is 0.376 e. The number of para-hydroxylation sites is 1. The van der Waals surface area contributed by atoms with E-state index in [1.807, 2.05) is 37.3 Å². The van der Waals surface area contributed by atoms with Gasteiger partial charge >= 0.3 is 6.18 Å². The van der Waals surface area contributed by atoms with Gasteiger partial charge < -0.3 is 10.6 Å². The SMILES string of the molecule is CC(NC(=O)CNc1ccccc1C(F)(F)F)c1ccccc1. The monoisotopic (exact) mass is 322 g/mol. The molecule has 0 bridgehead atoms. The zero-order valence-corrected chi connectivity index (χ0v) is 12.5. The van der Waals surface area contributed by atoms with E-state index in [2.05, 4.69) is 10.6 Å². The van der Waals surface area contributed by atoms with E-state index in [4.69, 9.17) is 0 Å². The predicted molar refractivity (Wildman–Crippen MR) is 82.9 cm³/mol. The van der Waals surface area contributed by atoms with E-state index in [0.29, 0.717) is 0 Å². The topological polar surface area (TPSA) is 41.1 Å². The number of hydrogen-bond donors (Lipinski definition) is 2. The van der Waals surface area contributed by atoms with Gasteiger partial charge in [0.25, 0.3) is 0 Å². The number of benzene rings is 2. The third-order valence-corrected chi connectivity index (χ3v) is 3.35. The number of carbonyl (C=O) groups is 1. The van der Waals surface area contributed by atoms with Crippen molar-refractivity contribution in [3.8, 4) is 0 Å². The van der Waals surface area contributed by atoms with E-state index >= 15 is 0 Å². The van der Waals surface area contributed by atoms with E-state index in [1.54, 1.807) is 0 Å². The largest absolute Gasteiger partial charge is 0.418 e. The van der Waals surface area contributed by atoms with E-state index in [1.165, 1.54) is 18.2 Å². The molecule has 2 aromatic carbocycles. The van der Waals surface area contributed by atoms with Crippen LogP contribution in [0, 0.1) is 0 Å². The Hall–Kier alpha value is -2.50. The third-order valence-electron chi connectivity index (χ3n) is 3.35. The van der Waals surface area contributed by atoms with Crippen molar-refractivity contribution < 1.29 is 18.0 Å². The highest BCUT2D eigenvalue weighted by Crippen LogP contribution is 2.34. The van der Waals surface area contributed by atoms with Gasteiger partial charge in [-0.25, -0.2) is 0 Å². The summed E-state index contributed by atoms with van der Waals surface area (Å²) in [7, 11) is 0. The Morgan fingerprint density at radius 1 is 1.04 bits per heavy atom. The fourth-order valence-corrected chi connectivity index (χ4v) is 2.18. The third kappa shape index (κ3) is 4.74. The van der Waals surface area contributed by atoms with E-state index < -0.39 is 11.7 Å². The zero-order valence-electron chi connectivity index (χ0n) is 12.5. The lowest BCUT2D eigenvalue weighted by Crippen LogP contribution is -2.32. The maximum atomic E-state index is 12.9. The summed E-state index contributed by atoms with van der Waals surface area (Å²) in [6, 6.07) is 14.2. The Kier molecular flexibility index (Phi) is 5.26. The fraction of sp³-hybridized carbons (Fsp3) is 0.235. The summed E-state index contributed by atoms with van der Waals surface area (Å²) in [4.78, 5) is 11.9. The van der Waals surface area contributed by atoms with Crippen molar-refractivity contribution in [3.05, 3.63) is 65.7 Å². The van der Waals surface area contributed by atoms with Crippen LogP contribution in [0.4, 0.5) is 18.9 Å². The number of halogens is 3. The molecule has 0 saturated carbocycles. The second-order valence-electron chi connectivity index (χ2n) is 5.10. The molecule has 0 aliphatic heterocycles. The van der Waals surface area contributed by atoms with Gasteiger partial charge in [0.2, 0.25) is 5.91 Å². The van der Waals surface area contributed by atoms with Crippen LogP contribution >= 0.6 is 0 Å². The maximum absolute atomic E-state index is 12.9. The summed E-state index contributed by atoms with van der Waals surface area (Å²) in [5, 5.41) is 5.29. The first-order valence-corrected chi connectivity index (χ1v) is 7.12. The molecule has 122 valence electrons. The molecule has 3 nitrogen and oxygen atoms in total. The quantitative estimate of drug-likeness (QED) is 0.874. The highest BCUT2D eigenvalue weighted by Gasteiger charge is 2.33. The molecule has 2 N–H and O–H groups in total. The number of amides is 1. The molecule has 6 heteroatoms. The van der Waals surface area contributed by atoms with Crippen LogP contribution in [0.25, 0.3) is 0 Å². The summed E-state index contributed by atoms with van der Waals surface area (Å²) in [5.41, 5.74) is 0.0305. The number of rotatable bonds is 5. The summed E-state index contributed by atoms with van der Waals surface area (Å²) < 4.78 is 38.6. The Morgan fingerprint density at radius 2 is 1.65 bits per heavy atom. The van der Waals surface area contributed by atoms with Gasteiger partial charge in [-0.2, -0.15) is 13.2 Å². The summed E-state index contributed by atoms with van der Waals surface area (Å²) in [6.07, 6.45) is -4.46. The number of hydrogen-bond acceptors (Lipinski definition) is 2. The lowest BCUT2D eigenvalue weighted by molar-refractivity contribution is -0.137. The molecular formula is C17H17F3N2O. The first-order valence-electron chi connectivity index (χ1n) is 7.12. The van der Waals surface area contributed by atoms with E-state index in [0.717, 1.165) is 11.6 Å². The van der Waals surface area contributed by atoms with Crippen LogP contribution in [-0.4, -0.2) is 12.5 Å². The molecule has 2 aromatic rings. The molecular weight excluding hydrogens is 305 g/mol. The average Bonchev–Trinajstić information content (AvgIpc) is 2.53. The fourth-order valence-electron chi connectivity index (χ4n) is 2.18. The molecule has 0 heterocycles. The molecule has 2 rings (SSSR count). The van der Waals surface area contributed by atoms with Crippen LogP contribution in [0.2, 0.25) is 0 Å². The minimum Gasteiger partial charge on any atom is -0.376 e. The Balaban J connectivity index is 1.95. The number of alkyl halides is 3. The normalized spacial score (nSPS) is 12.5. The van der Waals surface area contributed by atoms with Gasteiger partial charge in [-0.3, -0.25) is 4.79 Å². The number of nitrogens with one attached hydrogen (secondary N) is 2. The molecule has 0 fully saturated rings. The predicted octanol–water partition coefficient (Wildman–Crippen LogP) is 3.99. The number of anilines is 1. The second kappa shape index (κ2) is 7.17.